The SMILES string of the molecule is CCCS(=O)(=O)N1CCN([C@H]2CCCN(c3cnn(C)c3)C2=O)CC1. The van der Waals surface area contributed by atoms with Crippen molar-refractivity contribution in [1.29, 1.82) is 0 Å². The Morgan fingerprint density at radius 1 is 1.20 bits per heavy atom. The van der Waals surface area contributed by atoms with Crippen molar-refractivity contribution in [3.63, 3.8) is 0 Å². The van der Waals surface area contributed by atoms with E-state index in [1.807, 2.05) is 20.2 Å². The maximum Gasteiger partial charge on any atom is 0.244 e. The summed E-state index contributed by atoms with van der Waals surface area (Å²) in [4.78, 5) is 16.9. The van der Waals surface area contributed by atoms with E-state index in [0.717, 1.165) is 18.5 Å². The Kier molecular flexibility index (Phi) is 5.45. The van der Waals surface area contributed by atoms with Gasteiger partial charge in [-0.3, -0.25) is 14.4 Å². The first kappa shape index (κ1) is 18.3. The molecule has 1 aromatic rings. The van der Waals surface area contributed by atoms with Gasteiger partial charge >= 0.3 is 0 Å². The second-order valence-electron chi connectivity index (χ2n) is 6.77. The van der Waals surface area contributed by atoms with E-state index in [-0.39, 0.29) is 17.7 Å². The highest BCUT2D eigenvalue weighted by Gasteiger charge is 2.37. The van der Waals surface area contributed by atoms with Crippen molar-refractivity contribution in [3.8, 4) is 0 Å². The number of piperidine rings is 1. The number of aryl methyl sites for hydroxylation is 1. The third-order valence-electron chi connectivity index (χ3n) is 4.98. The highest BCUT2D eigenvalue weighted by molar-refractivity contribution is 7.89. The molecular formula is C16H27N5O3S. The topological polar surface area (TPSA) is 78.8 Å². The second-order valence-corrected chi connectivity index (χ2v) is 8.86. The second kappa shape index (κ2) is 7.43. The standard InChI is InChI=1S/C16H27N5O3S/c1-3-11-25(23,24)20-9-7-19(8-10-20)15-5-4-6-21(16(15)22)14-12-17-18(2)13-14/h12-13,15H,3-11H2,1-2H3/t15-/m0/s1. The van der Waals surface area contributed by atoms with Gasteiger partial charge in [0.2, 0.25) is 15.9 Å². The fourth-order valence-corrected chi connectivity index (χ4v) is 5.17. The summed E-state index contributed by atoms with van der Waals surface area (Å²) in [5.74, 6) is 0.300. The summed E-state index contributed by atoms with van der Waals surface area (Å²) in [7, 11) is -1.31. The van der Waals surface area contributed by atoms with Crippen molar-refractivity contribution in [2.45, 2.75) is 32.2 Å². The summed E-state index contributed by atoms with van der Waals surface area (Å²) in [6.45, 7) is 4.76. The van der Waals surface area contributed by atoms with Gasteiger partial charge in [0.25, 0.3) is 0 Å². The molecule has 8 nitrogen and oxygen atoms in total. The van der Waals surface area contributed by atoms with Crippen molar-refractivity contribution < 1.29 is 13.2 Å². The van der Waals surface area contributed by atoms with Crippen LogP contribution in [0, 0.1) is 0 Å². The molecule has 0 bridgehead atoms. The molecule has 1 amide bonds. The summed E-state index contributed by atoms with van der Waals surface area (Å²) >= 11 is 0. The number of nitrogens with zero attached hydrogens (tertiary/aromatic N) is 5. The number of anilines is 1. The summed E-state index contributed by atoms with van der Waals surface area (Å²) in [6.07, 6.45) is 5.98. The molecule has 3 rings (SSSR count). The molecule has 2 aliphatic rings. The van der Waals surface area contributed by atoms with Crippen LogP contribution in [0.15, 0.2) is 12.4 Å². The van der Waals surface area contributed by atoms with Crippen LogP contribution in [-0.2, 0) is 21.9 Å². The molecule has 25 heavy (non-hydrogen) atoms. The normalized spacial score (nSPS) is 24.0. The van der Waals surface area contributed by atoms with Gasteiger partial charge < -0.3 is 4.90 Å². The molecule has 0 saturated carbocycles. The molecule has 1 aromatic heterocycles. The third kappa shape index (κ3) is 3.88. The first-order valence-corrected chi connectivity index (χ1v) is 10.5. The average Bonchev–Trinajstić information content (AvgIpc) is 3.01. The first-order valence-electron chi connectivity index (χ1n) is 8.94. The van der Waals surface area contributed by atoms with E-state index in [9.17, 15) is 13.2 Å². The maximum absolute atomic E-state index is 12.9. The molecule has 0 aromatic carbocycles. The largest absolute Gasteiger partial charge is 0.308 e. The Morgan fingerprint density at radius 3 is 2.52 bits per heavy atom. The number of piperazine rings is 1. The van der Waals surface area contributed by atoms with E-state index in [1.165, 1.54) is 0 Å². The number of hydrogen-bond acceptors (Lipinski definition) is 5. The highest BCUT2D eigenvalue weighted by Crippen LogP contribution is 2.24. The zero-order valence-corrected chi connectivity index (χ0v) is 15.8. The number of hydrogen-bond donors (Lipinski definition) is 0. The van der Waals surface area contributed by atoms with E-state index in [1.54, 1.807) is 20.1 Å². The Labute approximate surface area is 149 Å². The molecule has 0 spiro atoms. The Bertz CT molecular complexity index is 709. The van der Waals surface area contributed by atoms with Crippen LogP contribution < -0.4 is 4.90 Å². The summed E-state index contributed by atoms with van der Waals surface area (Å²) < 4.78 is 27.7. The van der Waals surface area contributed by atoms with Crippen LogP contribution in [0.3, 0.4) is 0 Å². The van der Waals surface area contributed by atoms with Crippen molar-refractivity contribution in [3.05, 3.63) is 12.4 Å². The summed E-state index contributed by atoms with van der Waals surface area (Å²) in [5.41, 5.74) is 0.835. The van der Waals surface area contributed by atoms with E-state index in [4.69, 9.17) is 0 Å². The molecule has 0 radical (unpaired) electrons. The minimum Gasteiger partial charge on any atom is -0.308 e. The van der Waals surface area contributed by atoms with Gasteiger partial charge in [-0.15, -0.1) is 0 Å². The predicted octanol–water partition coefficient (Wildman–Crippen LogP) is 0.273. The van der Waals surface area contributed by atoms with Crippen molar-refractivity contribution in [2.24, 2.45) is 7.05 Å². The van der Waals surface area contributed by atoms with E-state index in [0.29, 0.717) is 39.1 Å². The van der Waals surface area contributed by atoms with Gasteiger partial charge in [-0.05, 0) is 19.3 Å². The van der Waals surface area contributed by atoms with Gasteiger partial charge in [-0.25, -0.2) is 8.42 Å². The Morgan fingerprint density at radius 2 is 1.92 bits per heavy atom. The van der Waals surface area contributed by atoms with Gasteiger partial charge in [0, 0.05) is 46.0 Å². The van der Waals surface area contributed by atoms with Crippen molar-refractivity contribution in [1.82, 2.24) is 19.0 Å². The number of aromatic nitrogens is 2. The van der Waals surface area contributed by atoms with Crippen LogP contribution in [0.25, 0.3) is 0 Å². The maximum atomic E-state index is 12.9. The lowest BCUT2D eigenvalue weighted by Crippen LogP contribution is -2.58. The zero-order valence-electron chi connectivity index (χ0n) is 15.0. The first-order chi connectivity index (χ1) is 11.9. The van der Waals surface area contributed by atoms with Gasteiger partial charge in [-0.1, -0.05) is 6.92 Å². The smallest absolute Gasteiger partial charge is 0.244 e. The number of amides is 1. The van der Waals surface area contributed by atoms with E-state index in [2.05, 4.69) is 10.00 Å². The molecule has 2 fully saturated rings. The molecule has 140 valence electrons. The summed E-state index contributed by atoms with van der Waals surface area (Å²) in [6, 6.07) is -0.162. The number of rotatable bonds is 5. The van der Waals surface area contributed by atoms with Crippen LogP contribution in [0.2, 0.25) is 0 Å². The molecule has 3 heterocycles. The third-order valence-corrected chi connectivity index (χ3v) is 7.06. The molecule has 0 N–H and O–H groups in total. The molecular weight excluding hydrogens is 342 g/mol. The number of carbonyl (C=O) groups excluding carboxylic acids is 1. The van der Waals surface area contributed by atoms with Gasteiger partial charge in [0.15, 0.2) is 0 Å². The lowest BCUT2D eigenvalue weighted by Gasteiger charge is -2.41. The zero-order chi connectivity index (χ0) is 18.0. The van der Waals surface area contributed by atoms with Crippen LogP contribution in [-0.4, -0.2) is 77.8 Å². The van der Waals surface area contributed by atoms with Crippen LogP contribution >= 0.6 is 0 Å². The van der Waals surface area contributed by atoms with Crippen molar-refractivity contribution >= 4 is 21.6 Å². The van der Waals surface area contributed by atoms with Gasteiger partial charge in [0.1, 0.15) is 0 Å². The fraction of sp³-hybridized carbons (Fsp3) is 0.750. The van der Waals surface area contributed by atoms with Gasteiger partial charge in [-0.2, -0.15) is 9.40 Å². The van der Waals surface area contributed by atoms with Crippen molar-refractivity contribution in [2.75, 3.05) is 43.4 Å². The molecule has 0 unspecified atom stereocenters. The molecule has 0 aliphatic carbocycles. The Balaban J connectivity index is 1.64. The van der Waals surface area contributed by atoms with Gasteiger partial charge in [0.05, 0.1) is 23.7 Å². The highest BCUT2D eigenvalue weighted by atomic mass is 32.2. The van der Waals surface area contributed by atoms with E-state index >= 15 is 0 Å². The molecule has 9 heteroatoms. The van der Waals surface area contributed by atoms with E-state index < -0.39 is 10.0 Å². The minimum absolute atomic E-state index is 0.101. The monoisotopic (exact) mass is 369 g/mol. The van der Waals surface area contributed by atoms with Crippen LogP contribution in [0.5, 0.6) is 0 Å². The fourth-order valence-electron chi connectivity index (χ4n) is 3.68. The molecule has 1 atom stereocenters. The molecule has 2 saturated heterocycles. The van der Waals surface area contributed by atoms with Crippen LogP contribution in [0.4, 0.5) is 5.69 Å². The average molecular weight is 369 g/mol. The van der Waals surface area contributed by atoms with Crippen LogP contribution in [0.1, 0.15) is 26.2 Å². The molecule has 2 aliphatic heterocycles. The Hall–Kier alpha value is -1.45. The summed E-state index contributed by atoms with van der Waals surface area (Å²) in [5, 5.41) is 4.15. The minimum atomic E-state index is -3.15. The lowest BCUT2D eigenvalue weighted by molar-refractivity contribution is -0.125. The quantitative estimate of drug-likeness (QED) is 0.745. The number of carbonyl (C=O) groups is 1. The lowest BCUT2D eigenvalue weighted by atomic mass is 10.0. The predicted molar refractivity (Wildman–Crippen MR) is 95.8 cm³/mol. The number of sulfonamides is 1.